The molecule has 0 aliphatic rings. The monoisotopic (exact) mass is 425 g/mol. The van der Waals surface area contributed by atoms with Crippen LogP contribution >= 0.6 is 0 Å². The summed E-state index contributed by atoms with van der Waals surface area (Å²) in [6, 6.07) is 0. The summed E-state index contributed by atoms with van der Waals surface area (Å²) in [5.74, 6) is 0. The third-order valence-corrected chi connectivity index (χ3v) is 6.41. The van der Waals surface area contributed by atoms with Gasteiger partial charge in [-0.25, -0.2) is 0 Å². The second-order valence-electron chi connectivity index (χ2n) is 9.78. The summed E-state index contributed by atoms with van der Waals surface area (Å²) in [6.45, 7) is 9.15. The van der Waals surface area contributed by atoms with Gasteiger partial charge in [0.1, 0.15) is 0 Å². The first-order valence-corrected chi connectivity index (χ1v) is 14.8. The molecule has 0 spiro atoms. The molecule has 0 bridgehead atoms. The first kappa shape index (κ1) is 32.2. The van der Waals surface area contributed by atoms with Crippen molar-refractivity contribution in [2.45, 2.75) is 195 Å². The maximum Gasteiger partial charge on any atom is -0.0533 e. The van der Waals surface area contributed by atoms with Crippen LogP contribution in [0.1, 0.15) is 195 Å². The van der Waals surface area contributed by atoms with Crippen LogP contribution in [0.15, 0.2) is 0 Å². The van der Waals surface area contributed by atoms with Crippen molar-refractivity contribution in [1.29, 1.82) is 0 Å². The largest absolute Gasteiger partial charge is 0.0654 e. The Morgan fingerprint density at radius 1 is 0.167 bits per heavy atom. The summed E-state index contributed by atoms with van der Waals surface area (Å²) in [7, 11) is 0. The molecule has 184 valence electrons. The third-order valence-electron chi connectivity index (χ3n) is 6.41. The van der Waals surface area contributed by atoms with Gasteiger partial charge in [0.2, 0.25) is 0 Å². The molecule has 0 fully saturated rings. The van der Waals surface area contributed by atoms with Crippen LogP contribution in [0.25, 0.3) is 0 Å². The van der Waals surface area contributed by atoms with Crippen LogP contribution in [-0.2, 0) is 0 Å². The molecule has 0 N–H and O–H groups in total. The molecule has 0 radical (unpaired) electrons. The SMILES string of the molecule is CCCCCCCCCCCC.CCCCCCCCCCCCCCCCCC. The Hall–Kier alpha value is 0. The van der Waals surface area contributed by atoms with E-state index >= 15 is 0 Å². The van der Waals surface area contributed by atoms with Crippen molar-refractivity contribution in [3.63, 3.8) is 0 Å². The summed E-state index contributed by atoms with van der Waals surface area (Å²) in [4.78, 5) is 0. The zero-order chi connectivity index (χ0) is 22.4. The van der Waals surface area contributed by atoms with E-state index in [0.717, 1.165) is 0 Å². The van der Waals surface area contributed by atoms with Crippen LogP contribution in [0, 0.1) is 0 Å². The molecule has 0 unspecified atom stereocenters. The summed E-state index contributed by atoms with van der Waals surface area (Å²) >= 11 is 0. The summed E-state index contributed by atoms with van der Waals surface area (Å²) < 4.78 is 0. The molecular weight excluding hydrogens is 360 g/mol. The van der Waals surface area contributed by atoms with Gasteiger partial charge in [-0.2, -0.15) is 0 Å². The second-order valence-corrected chi connectivity index (χ2v) is 9.78. The molecule has 0 nitrogen and oxygen atoms in total. The number of hydrogen-bond donors (Lipinski definition) is 0. The molecular formula is C30H64. The fourth-order valence-corrected chi connectivity index (χ4v) is 4.18. The van der Waals surface area contributed by atoms with Gasteiger partial charge in [0.15, 0.2) is 0 Å². The molecule has 0 amide bonds. The van der Waals surface area contributed by atoms with Gasteiger partial charge >= 0.3 is 0 Å². The molecule has 0 heteroatoms. The highest BCUT2D eigenvalue weighted by molar-refractivity contribution is 4.49. The van der Waals surface area contributed by atoms with Crippen molar-refractivity contribution in [2.24, 2.45) is 0 Å². The predicted octanol–water partition coefficient (Wildman–Crippen LogP) is 12.2. The predicted molar refractivity (Wildman–Crippen MR) is 143 cm³/mol. The van der Waals surface area contributed by atoms with Crippen LogP contribution in [-0.4, -0.2) is 0 Å². The molecule has 0 atom stereocenters. The van der Waals surface area contributed by atoms with Crippen LogP contribution in [0.2, 0.25) is 0 Å². The third kappa shape index (κ3) is 35.4. The molecule has 0 saturated carbocycles. The number of rotatable bonds is 24. The Morgan fingerprint density at radius 2 is 0.267 bits per heavy atom. The topological polar surface area (TPSA) is 0 Å². The lowest BCUT2D eigenvalue weighted by Crippen LogP contribution is -1.83. The Kier molecular flexibility index (Phi) is 36.1. The highest BCUT2D eigenvalue weighted by Crippen LogP contribution is 2.13. The second kappa shape index (κ2) is 33.6. The van der Waals surface area contributed by atoms with E-state index in [0.29, 0.717) is 0 Å². The van der Waals surface area contributed by atoms with Crippen molar-refractivity contribution in [1.82, 2.24) is 0 Å². The van der Waals surface area contributed by atoms with Gasteiger partial charge in [-0.15, -0.1) is 0 Å². The fraction of sp³-hybridized carbons (Fsp3) is 1.00. The normalized spacial score (nSPS) is 10.8. The Labute approximate surface area is 194 Å². The minimum atomic E-state index is 1.37. The molecule has 0 aliphatic heterocycles. The molecule has 0 aliphatic carbocycles. The van der Waals surface area contributed by atoms with Gasteiger partial charge < -0.3 is 0 Å². The van der Waals surface area contributed by atoms with Crippen molar-refractivity contribution in [3.8, 4) is 0 Å². The number of unbranched alkanes of at least 4 members (excludes halogenated alkanes) is 24. The van der Waals surface area contributed by atoms with Crippen LogP contribution < -0.4 is 0 Å². The molecule has 0 aromatic carbocycles. The van der Waals surface area contributed by atoms with Gasteiger partial charge in [-0.1, -0.05) is 195 Å². The zero-order valence-corrected chi connectivity index (χ0v) is 22.4. The van der Waals surface area contributed by atoms with E-state index in [4.69, 9.17) is 0 Å². The Bertz CT molecular complexity index is 218. The first-order chi connectivity index (χ1) is 14.8. The molecule has 0 aromatic rings. The smallest absolute Gasteiger partial charge is 0.0533 e. The lowest BCUT2D eigenvalue weighted by Gasteiger charge is -2.03. The van der Waals surface area contributed by atoms with E-state index in [1.165, 1.54) is 167 Å². The Balaban J connectivity index is 0. The van der Waals surface area contributed by atoms with Gasteiger partial charge in [-0.05, 0) is 0 Å². The maximum atomic E-state index is 2.29. The van der Waals surface area contributed by atoms with Crippen LogP contribution in [0.5, 0.6) is 0 Å². The quantitative estimate of drug-likeness (QED) is 0.135. The summed E-state index contributed by atoms with van der Waals surface area (Å²) in [5.41, 5.74) is 0. The molecule has 0 saturated heterocycles. The standard InChI is InChI=1S/C18H38.C12H26/c1-3-5-7-9-11-13-15-17-18-16-14-12-10-8-6-4-2;1-3-5-7-9-11-12-10-8-6-4-2/h3-18H2,1-2H3;3-12H2,1-2H3. The average Bonchev–Trinajstić information content (AvgIpc) is 2.76. The van der Waals surface area contributed by atoms with Gasteiger partial charge in [0.05, 0.1) is 0 Å². The number of hydrogen-bond acceptors (Lipinski definition) is 0. The van der Waals surface area contributed by atoms with Crippen molar-refractivity contribution >= 4 is 0 Å². The van der Waals surface area contributed by atoms with E-state index in [1.54, 1.807) is 0 Å². The summed E-state index contributed by atoms with van der Waals surface area (Å²) in [6.07, 6.45) is 37.9. The minimum absolute atomic E-state index is 1.37. The lowest BCUT2D eigenvalue weighted by atomic mass is 10.0. The first-order valence-electron chi connectivity index (χ1n) is 14.8. The fourth-order valence-electron chi connectivity index (χ4n) is 4.18. The summed E-state index contributed by atoms with van der Waals surface area (Å²) in [5, 5.41) is 0. The van der Waals surface area contributed by atoms with E-state index < -0.39 is 0 Å². The lowest BCUT2D eigenvalue weighted by molar-refractivity contribution is 0.531. The van der Waals surface area contributed by atoms with E-state index in [2.05, 4.69) is 27.7 Å². The van der Waals surface area contributed by atoms with Crippen LogP contribution in [0.4, 0.5) is 0 Å². The van der Waals surface area contributed by atoms with E-state index in [1.807, 2.05) is 0 Å². The van der Waals surface area contributed by atoms with E-state index in [9.17, 15) is 0 Å². The molecule has 0 rings (SSSR count). The molecule has 30 heavy (non-hydrogen) atoms. The van der Waals surface area contributed by atoms with Crippen molar-refractivity contribution in [3.05, 3.63) is 0 Å². The molecule has 0 aromatic heterocycles. The van der Waals surface area contributed by atoms with Crippen LogP contribution in [0.3, 0.4) is 0 Å². The average molecular weight is 425 g/mol. The Morgan fingerprint density at radius 3 is 0.367 bits per heavy atom. The van der Waals surface area contributed by atoms with E-state index in [-0.39, 0.29) is 0 Å². The van der Waals surface area contributed by atoms with Crippen molar-refractivity contribution in [2.75, 3.05) is 0 Å². The van der Waals surface area contributed by atoms with Gasteiger partial charge in [-0.3, -0.25) is 0 Å². The van der Waals surface area contributed by atoms with Gasteiger partial charge in [0, 0.05) is 0 Å². The minimum Gasteiger partial charge on any atom is -0.0654 e. The maximum absolute atomic E-state index is 2.29. The van der Waals surface area contributed by atoms with Gasteiger partial charge in [0.25, 0.3) is 0 Å². The molecule has 0 heterocycles. The highest BCUT2D eigenvalue weighted by Gasteiger charge is 1.94. The zero-order valence-electron chi connectivity index (χ0n) is 22.4. The van der Waals surface area contributed by atoms with Crippen molar-refractivity contribution < 1.29 is 0 Å². The highest BCUT2D eigenvalue weighted by atomic mass is 14.0.